The van der Waals surface area contributed by atoms with Crippen LogP contribution in [0, 0.1) is 5.41 Å². The van der Waals surface area contributed by atoms with Gasteiger partial charge in [0.05, 0.1) is 24.4 Å². The Morgan fingerprint density at radius 3 is 2.51 bits per heavy atom. The van der Waals surface area contributed by atoms with Crippen LogP contribution in [-0.2, 0) is 23.9 Å². The molecule has 2 heterocycles. The molecule has 11 nitrogen and oxygen atoms in total. The van der Waals surface area contributed by atoms with Gasteiger partial charge in [-0.1, -0.05) is 52.0 Å². The Hall–Kier alpha value is -4.12. The second-order valence-electron chi connectivity index (χ2n) is 12.1. The summed E-state index contributed by atoms with van der Waals surface area (Å²) in [5, 5.41) is 6.75. The number of aromatic nitrogens is 1. The average molecular weight is 643 g/mol. The smallest absolute Gasteiger partial charge is 0.412 e. The first-order chi connectivity index (χ1) is 21.1. The van der Waals surface area contributed by atoms with E-state index in [4.69, 9.17) is 25.8 Å². The molecule has 45 heavy (non-hydrogen) atoms. The number of esters is 1. The summed E-state index contributed by atoms with van der Waals surface area (Å²) in [4.78, 5) is 59.7. The number of amides is 3. The van der Waals surface area contributed by atoms with Crippen LogP contribution >= 0.6 is 11.6 Å². The molecule has 1 fully saturated rings. The van der Waals surface area contributed by atoms with Crippen LogP contribution in [0.2, 0.25) is 5.02 Å². The molecule has 12 heteroatoms. The van der Waals surface area contributed by atoms with Gasteiger partial charge in [-0.05, 0) is 56.4 Å². The number of rotatable bonds is 12. The first kappa shape index (κ1) is 35.4. The normalized spacial score (nSPS) is 18.3. The molecule has 4 atom stereocenters. The molecule has 0 radical (unpaired) electrons. The van der Waals surface area contributed by atoms with Crippen molar-refractivity contribution < 1.29 is 33.4 Å². The molecule has 0 saturated carbocycles. The van der Waals surface area contributed by atoms with Crippen LogP contribution in [0.15, 0.2) is 55.5 Å². The Kier molecular flexibility index (Phi) is 11.6. The molecular formula is C33H43ClN4O7. The fraction of sp³-hybridized carbons (Fsp3) is 0.485. The predicted molar refractivity (Wildman–Crippen MR) is 172 cm³/mol. The van der Waals surface area contributed by atoms with Gasteiger partial charge in [0.2, 0.25) is 11.8 Å². The molecule has 0 unspecified atom stereocenters. The van der Waals surface area contributed by atoms with Gasteiger partial charge in [0.25, 0.3) is 0 Å². The van der Waals surface area contributed by atoms with Crippen LogP contribution in [0.5, 0.6) is 5.75 Å². The molecule has 1 saturated heterocycles. The first-order valence-electron chi connectivity index (χ1n) is 14.9. The van der Waals surface area contributed by atoms with Crippen LogP contribution in [0.25, 0.3) is 10.9 Å². The molecule has 2 aromatic rings. The highest BCUT2D eigenvalue weighted by molar-refractivity contribution is 6.31. The van der Waals surface area contributed by atoms with Crippen molar-refractivity contribution in [3.05, 3.63) is 60.5 Å². The van der Waals surface area contributed by atoms with E-state index in [1.807, 2.05) is 0 Å². The number of carbonyl (C=O) groups excluding carboxylic acids is 4. The summed E-state index contributed by atoms with van der Waals surface area (Å²) in [6.45, 7) is 17.8. The number of allylic oxidation sites excluding steroid dienone is 1. The molecule has 244 valence electrons. The van der Waals surface area contributed by atoms with Gasteiger partial charge in [0, 0.05) is 23.0 Å². The number of ether oxygens (including phenoxy) is 3. The number of likely N-dealkylation sites (tertiary alicyclic amines) is 1. The fourth-order valence-corrected chi connectivity index (χ4v) is 5.44. The van der Waals surface area contributed by atoms with Gasteiger partial charge in [0.15, 0.2) is 0 Å². The minimum Gasteiger partial charge on any atom is -0.488 e. The van der Waals surface area contributed by atoms with Crippen LogP contribution in [-0.4, -0.2) is 70.6 Å². The van der Waals surface area contributed by atoms with E-state index < -0.39 is 53.0 Å². The molecule has 1 aromatic carbocycles. The highest BCUT2D eigenvalue weighted by Gasteiger charge is 2.48. The number of hydrogen-bond acceptors (Lipinski definition) is 8. The van der Waals surface area contributed by atoms with Crippen LogP contribution in [0.3, 0.4) is 0 Å². The third-order valence-electron chi connectivity index (χ3n) is 7.57. The summed E-state index contributed by atoms with van der Waals surface area (Å²) >= 11 is 6.16. The standard InChI is InChI=1S/C33H43ClN4O7/c1-9-15-33(10-2,30(41)43-11-3)37-28(39)25-18-22(45-26-14-16-35-24-17-21(34)12-13-23(24)26)19-38(25)29(40)27(32(6,7)8)36-31(42)44-20(4)5/h9,12-14,16-17,22,25,27H,1,4,10-11,15,18-19H2,2-3,5-8H3,(H,36,42)(H,37,39)/t22-,25+,27-,33-/m1/s1. The van der Waals surface area contributed by atoms with Gasteiger partial charge in [-0.3, -0.25) is 14.6 Å². The number of pyridine rings is 1. The second kappa shape index (κ2) is 14.8. The lowest BCUT2D eigenvalue weighted by atomic mass is 9.85. The topological polar surface area (TPSA) is 136 Å². The lowest BCUT2D eigenvalue weighted by molar-refractivity contribution is -0.154. The summed E-state index contributed by atoms with van der Waals surface area (Å²) in [6.07, 6.45) is 2.13. The van der Waals surface area contributed by atoms with E-state index in [-0.39, 0.29) is 38.2 Å². The largest absolute Gasteiger partial charge is 0.488 e. The van der Waals surface area contributed by atoms with E-state index in [0.717, 1.165) is 0 Å². The average Bonchev–Trinajstić information content (AvgIpc) is 3.38. The SMILES string of the molecule is C=CC[C@@](CC)(NC(=O)[C@@H]1C[C@@H](Oc2ccnc3cc(Cl)ccc23)CN1C(=O)[C@@H](NC(=O)OC(=C)C)C(C)(C)C)C(=O)OCC. The van der Waals surface area contributed by atoms with E-state index in [9.17, 15) is 19.2 Å². The van der Waals surface area contributed by atoms with E-state index in [1.54, 1.807) is 65.1 Å². The van der Waals surface area contributed by atoms with Crippen molar-refractivity contribution in [1.82, 2.24) is 20.5 Å². The highest BCUT2D eigenvalue weighted by atomic mass is 35.5. The predicted octanol–water partition coefficient (Wildman–Crippen LogP) is 5.32. The van der Waals surface area contributed by atoms with Crippen LogP contribution in [0.4, 0.5) is 4.79 Å². The zero-order valence-electron chi connectivity index (χ0n) is 26.8. The van der Waals surface area contributed by atoms with Crippen molar-refractivity contribution in [2.45, 2.75) is 84.5 Å². The number of carbonyl (C=O) groups is 4. The molecule has 1 aliphatic rings. The van der Waals surface area contributed by atoms with Crippen molar-refractivity contribution in [3.8, 4) is 5.75 Å². The van der Waals surface area contributed by atoms with Gasteiger partial charge in [-0.25, -0.2) is 9.59 Å². The Bertz CT molecular complexity index is 1460. The quantitative estimate of drug-likeness (QED) is 0.181. The molecule has 2 N–H and O–H groups in total. The number of alkyl carbamates (subject to hydrolysis) is 1. The molecular weight excluding hydrogens is 600 g/mol. The number of benzene rings is 1. The molecule has 0 bridgehead atoms. The van der Waals surface area contributed by atoms with Crippen molar-refractivity contribution in [3.63, 3.8) is 0 Å². The zero-order chi connectivity index (χ0) is 33.5. The Balaban J connectivity index is 2.01. The summed E-state index contributed by atoms with van der Waals surface area (Å²) in [6, 6.07) is 4.82. The van der Waals surface area contributed by atoms with E-state index >= 15 is 0 Å². The third-order valence-corrected chi connectivity index (χ3v) is 7.81. The van der Waals surface area contributed by atoms with Gasteiger partial charge in [-0.2, -0.15) is 0 Å². The summed E-state index contributed by atoms with van der Waals surface area (Å²) in [5.74, 6) is -1.01. The molecule has 1 aromatic heterocycles. The maximum atomic E-state index is 14.2. The Morgan fingerprint density at radius 2 is 1.91 bits per heavy atom. The number of hydrogen-bond donors (Lipinski definition) is 2. The number of fused-ring (bicyclic) bond motifs is 1. The van der Waals surface area contributed by atoms with Crippen molar-refractivity contribution in [2.24, 2.45) is 5.41 Å². The van der Waals surface area contributed by atoms with Gasteiger partial charge in [-0.15, -0.1) is 6.58 Å². The minimum absolute atomic E-state index is 0.0259. The number of halogens is 1. The summed E-state index contributed by atoms with van der Waals surface area (Å²) in [5.41, 5.74) is -1.53. The maximum Gasteiger partial charge on any atom is 0.412 e. The van der Waals surface area contributed by atoms with Crippen molar-refractivity contribution >= 4 is 46.4 Å². The van der Waals surface area contributed by atoms with Crippen LogP contribution < -0.4 is 15.4 Å². The zero-order valence-corrected chi connectivity index (χ0v) is 27.5. The number of nitrogens with zero attached hydrogens (tertiary/aromatic N) is 2. The first-order valence-corrected chi connectivity index (χ1v) is 15.3. The second-order valence-corrected chi connectivity index (χ2v) is 12.6. The van der Waals surface area contributed by atoms with E-state index in [0.29, 0.717) is 21.7 Å². The van der Waals surface area contributed by atoms with E-state index in [1.165, 1.54) is 17.9 Å². The van der Waals surface area contributed by atoms with Crippen molar-refractivity contribution in [1.29, 1.82) is 0 Å². The lowest BCUT2D eigenvalue weighted by Crippen LogP contribution is -2.61. The molecule has 1 aliphatic heterocycles. The molecule has 3 rings (SSSR count). The Morgan fingerprint density at radius 1 is 1.20 bits per heavy atom. The maximum absolute atomic E-state index is 14.2. The van der Waals surface area contributed by atoms with Gasteiger partial charge in [0.1, 0.15) is 29.5 Å². The molecule has 0 aliphatic carbocycles. The minimum atomic E-state index is -1.38. The highest BCUT2D eigenvalue weighted by Crippen LogP contribution is 2.32. The monoisotopic (exact) mass is 642 g/mol. The lowest BCUT2D eigenvalue weighted by Gasteiger charge is -2.36. The Labute approximate surface area is 269 Å². The van der Waals surface area contributed by atoms with Gasteiger partial charge < -0.3 is 29.7 Å². The third kappa shape index (κ3) is 8.54. The molecule has 3 amide bonds. The number of nitrogens with one attached hydrogen (secondary N) is 2. The van der Waals surface area contributed by atoms with Crippen molar-refractivity contribution in [2.75, 3.05) is 13.2 Å². The van der Waals surface area contributed by atoms with Crippen LogP contribution in [0.1, 0.15) is 60.8 Å². The van der Waals surface area contributed by atoms with Gasteiger partial charge >= 0.3 is 12.1 Å². The van der Waals surface area contributed by atoms with E-state index in [2.05, 4.69) is 28.8 Å². The summed E-state index contributed by atoms with van der Waals surface area (Å²) in [7, 11) is 0. The molecule has 0 spiro atoms. The fourth-order valence-electron chi connectivity index (χ4n) is 5.27. The summed E-state index contributed by atoms with van der Waals surface area (Å²) < 4.78 is 16.8.